The highest BCUT2D eigenvalue weighted by atomic mass is 35.5. The van der Waals surface area contributed by atoms with Crippen molar-refractivity contribution in [2.75, 3.05) is 12.3 Å². The average molecular weight is 391 g/mol. The average Bonchev–Trinajstić information content (AvgIpc) is 3.02. The summed E-state index contributed by atoms with van der Waals surface area (Å²) in [5.41, 5.74) is 6.09. The van der Waals surface area contributed by atoms with Crippen LogP contribution < -0.4 is 16.6 Å². The van der Waals surface area contributed by atoms with E-state index in [1.807, 2.05) is 19.2 Å². The van der Waals surface area contributed by atoms with E-state index < -0.39 is 0 Å². The summed E-state index contributed by atoms with van der Waals surface area (Å²) in [6.45, 7) is 4.48. The van der Waals surface area contributed by atoms with Crippen LogP contribution in [0.1, 0.15) is 32.4 Å². The van der Waals surface area contributed by atoms with Gasteiger partial charge in [-0.15, -0.1) is 35.5 Å². The SMILES string of the molecule is CCC(CC)(CN)NC(=O)CSCc1cc(=O)n2ccsc2n1.Cl. The van der Waals surface area contributed by atoms with E-state index in [1.54, 1.807) is 6.20 Å². The lowest BCUT2D eigenvalue weighted by Gasteiger charge is -2.31. The molecule has 0 aliphatic carbocycles. The number of fused-ring (bicyclic) bond motifs is 1. The number of hydrogen-bond donors (Lipinski definition) is 2. The van der Waals surface area contributed by atoms with Crippen LogP contribution in [0, 0.1) is 0 Å². The number of nitrogens with one attached hydrogen (secondary N) is 1. The third-order valence-corrected chi connectivity index (χ3v) is 5.71. The largest absolute Gasteiger partial charge is 0.349 e. The number of nitrogens with zero attached hydrogens (tertiary/aromatic N) is 2. The van der Waals surface area contributed by atoms with Gasteiger partial charge in [0.05, 0.1) is 17.0 Å². The molecule has 0 aliphatic heterocycles. The first-order valence-electron chi connectivity index (χ1n) is 7.58. The van der Waals surface area contributed by atoms with Crippen molar-refractivity contribution < 1.29 is 4.79 Å². The number of rotatable bonds is 8. The van der Waals surface area contributed by atoms with Gasteiger partial charge in [0.15, 0.2) is 4.96 Å². The molecule has 6 nitrogen and oxygen atoms in total. The molecule has 0 bridgehead atoms. The van der Waals surface area contributed by atoms with Crippen molar-refractivity contribution in [2.45, 2.75) is 38.0 Å². The summed E-state index contributed by atoms with van der Waals surface area (Å²) in [5, 5.41) is 4.86. The summed E-state index contributed by atoms with van der Waals surface area (Å²) in [5.74, 6) is 0.830. The predicted molar refractivity (Wildman–Crippen MR) is 103 cm³/mol. The van der Waals surface area contributed by atoms with Crippen LogP contribution in [0.15, 0.2) is 22.4 Å². The minimum atomic E-state index is -0.315. The van der Waals surface area contributed by atoms with E-state index in [9.17, 15) is 9.59 Å². The zero-order valence-corrected chi connectivity index (χ0v) is 16.2. The number of halogens is 1. The molecular formula is C15H23ClN4O2S2. The maximum absolute atomic E-state index is 12.1. The van der Waals surface area contributed by atoms with Crippen molar-refractivity contribution in [3.63, 3.8) is 0 Å². The van der Waals surface area contributed by atoms with Gasteiger partial charge in [-0.1, -0.05) is 13.8 Å². The minimum Gasteiger partial charge on any atom is -0.349 e. The number of thiazole rings is 1. The third kappa shape index (κ3) is 4.95. The van der Waals surface area contributed by atoms with Crippen molar-refractivity contribution in [2.24, 2.45) is 5.73 Å². The summed E-state index contributed by atoms with van der Waals surface area (Å²) in [7, 11) is 0. The smallest absolute Gasteiger partial charge is 0.258 e. The Morgan fingerprint density at radius 1 is 1.46 bits per heavy atom. The van der Waals surface area contributed by atoms with Gasteiger partial charge in [-0.05, 0) is 12.8 Å². The Morgan fingerprint density at radius 3 is 2.79 bits per heavy atom. The highest BCUT2D eigenvalue weighted by Crippen LogP contribution is 2.15. The van der Waals surface area contributed by atoms with Crippen LogP contribution >= 0.6 is 35.5 Å². The summed E-state index contributed by atoms with van der Waals surface area (Å²) < 4.78 is 1.52. The van der Waals surface area contributed by atoms with Crippen molar-refractivity contribution in [1.82, 2.24) is 14.7 Å². The second-order valence-corrected chi connectivity index (χ2v) is 7.23. The van der Waals surface area contributed by atoms with E-state index in [0.717, 1.165) is 12.8 Å². The molecule has 0 saturated carbocycles. The molecule has 24 heavy (non-hydrogen) atoms. The van der Waals surface area contributed by atoms with Crippen LogP contribution in [0.25, 0.3) is 4.96 Å². The maximum atomic E-state index is 12.1. The van der Waals surface area contributed by atoms with Gasteiger partial charge < -0.3 is 11.1 Å². The lowest BCUT2D eigenvalue weighted by Crippen LogP contribution is -2.53. The first kappa shape index (κ1) is 21.0. The van der Waals surface area contributed by atoms with Crippen LogP contribution in [-0.2, 0) is 10.5 Å². The molecule has 134 valence electrons. The number of carbonyl (C=O) groups is 1. The molecule has 1 amide bonds. The van der Waals surface area contributed by atoms with E-state index >= 15 is 0 Å². The highest BCUT2D eigenvalue weighted by Gasteiger charge is 2.25. The van der Waals surface area contributed by atoms with E-state index in [1.165, 1.54) is 33.6 Å². The molecule has 0 saturated heterocycles. The number of thioether (sulfide) groups is 1. The van der Waals surface area contributed by atoms with Crippen LogP contribution in [0.4, 0.5) is 0 Å². The fourth-order valence-corrected chi connectivity index (χ4v) is 3.76. The summed E-state index contributed by atoms with van der Waals surface area (Å²) in [6, 6.07) is 1.52. The Bertz CT molecular complexity index is 719. The van der Waals surface area contributed by atoms with Crippen LogP contribution in [0.2, 0.25) is 0 Å². The molecule has 0 radical (unpaired) electrons. The van der Waals surface area contributed by atoms with E-state index in [0.29, 0.717) is 28.7 Å². The zero-order valence-electron chi connectivity index (χ0n) is 13.8. The molecule has 2 aromatic rings. The molecule has 0 spiro atoms. The highest BCUT2D eigenvalue weighted by molar-refractivity contribution is 7.99. The summed E-state index contributed by atoms with van der Waals surface area (Å²) in [6.07, 6.45) is 3.33. The Labute approximate surface area is 155 Å². The standard InChI is InChI=1S/C15H22N4O2S2.ClH/c1-3-15(4-2,10-16)18-12(20)9-22-8-11-7-13(21)19-5-6-23-14(19)17-11;/h5-7H,3-4,8-10,16H2,1-2H3,(H,18,20);1H. The number of amides is 1. The van der Waals surface area contributed by atoms with Crippen LogP contribution in [0.3, 0.4) is 0 Å². The predicted octanol–water partition coefficient (Wildman–Crippen LogP) is 2.04. The van der Waals surface area contributed by atoms with Gasteiger partial charge in [0, 0.05) is 29.9 Å². The zero-order chi connectivity index (χ0) is 16.9. The molecule has 0 unspecified atom stereocenters. The Hall–Kier alpha value is -1.09. The van der Waals surface area contributed by atoms with Crippen molar-refractivity contribution in [3.05, 3.63) is 33.7 Å². The number of nitrogens with two attached hydrogens (primary N) is 1. The topological polar surface area (TPSA) is 89.5 Å². The van der Waals surface area contributed by atoms with Crippen molar-refractivity contribution in [3.8, 4) is 0 Å². The summed E-state index contributed by atoms with van der Waals surface area (Å²) in [4.78, 5) is 29.1. The molecule has 0 aliphatic rings. The van der Waals surface area contributed by atoms with Crippen LogP contribution in [-0.4, -0.2) is 33.1 Å². The van der Waals surface area contributed by atoms with Gasteiger partial charge in [-0.3, -0.25) is 14.0 Å². The molecule has 0 aromatic carbocycles. The second-order valence-electron chi connectivity index (χ2n) is 5.37. The Morgan fingerprint density at radius 2 is 2.17 bits per heavy atom. The van der Waals surface area contributed by atoms with Crippen molar-refractivity contribution >= 4 is 46.4 Å². The van der Waals surface area contributed by atoms with E-state index in [2.05, 4.69) is 10.3 Å². The lowest BCUT2D eigenvalue weighted by molar-refractivity contribution is -0.120. The minimum absolute atomic E-state index is 0. The van der Waals surface area contributed by atoms with Gasteiger partial charge >= 0.3 is 0 Å². The third-order valence-electron chi connectivity index (χ3n) is 3.99. The van der Waals surface area contributed by atoms with Crippen molar-refractivity contribution in [1.29, 1.82) is 0 Å². The first-order valence-corrected chi connectivity index (χ1v) is 9.61. The number of aromatic nitrogens is 2. The van der Waals surface area contributed by atoms with E-state index in [4.69, 9.17) is 5.73 Å². The fourth-order valence-electron chi connectivity index (χ4n) is 2.31. The van der Waals surface area contributed by atoms with Gasteiger partial charge in [0.2, 0.25) is 5.91 Å². The van der Waals surface area contributed by atoms with Crippen LogP contribution in [0.5, 0.6) is 0 Å². The number of carbonyl (C=O) groups excluding carboxylic acids is 1. The van der Waals surface area contributed by atoms with Gasteiger partial charge in [-0.25, -0.2) is 4.98 Å². The Kier molecular flexibility index (Phi) is 8.21. The maximum Gasteiger partial charge on any atom is 0.258 e. The Balaban J connectivity index is 0.00000288. The quantitative estimate of drug-likeness (QED) is 0.719. The monoisotopic (exact) mass is 390 g/mol. The van der Waals surface area contributed by atoms with Gasteiger partial charge in [0.25, 0.3) is 5.56 Å². The fraction of sp³-hybridized carbons (Fsp3) is 0.533. The molecule has 0 fully saturated rings. The first-order chi connectivity index (χ1) is 11.0. The van der Waals surface area contributed by atoms with Gasteiger partial charge in [0.1, 0.15) is 0 Å². The van der Waals surface area contributed by atoms with E-state index in [-0.39, 0.29) is 29.4 Å². The molecule has 2 rings (SSSR count). The van der Waals surface area contributed by atoms with Gasteiger partial charge in [-0.2, -0.15) is 0 Å². The lowest BCUT2D eigenvalue weighted by atomic mass is 9.93. The normalized spacial score (nSPS) is 11.3. The molecule has 3 N–H and O–H groups in total. The molecule has 0 atom stereocenters. The molecule has 2 heterocycles. The molecule has 9 heteroatoms. The number of hydrogen-bond acceptors (Lipinski definition) is 6. The molecular weight excluding hydrogens is 368 g/mol. The molecule has 2 aromatic heterocycles. The second kappa shape index (κ2) is 9.41. The summed E-state index contributed by atoms with van der Waals surface area (Å²) >= 11 is 2.87.